The zero-order chi connectivity index (χ0) is 19.8. The van der Waals surface area contributed by atoms with E-state index in [2.05, 4.69) is 5.43 Å². The summed E-state index contributed by atoms with van der Waals surface area (Å²) in [5, 5.41) is 1.53. The maximum Gasteiger partial charge on any atom is 0.363 e. The van der Waals surface area contributed by atoms with Crippen molar-refractivity contribution in [3.63, 3.8) is 0 Å². The third kappa shape index (κ3) is 2.88. The fourth-order valence-electron chi connectivity index (χ4n) is 2.92. The van der Waals surface area contributed by atoms with E-state index >= 15 is 0 Å². The smallest absolute Gasteiger partial charge is 0.324 e. The number of hydrazine groups is 1. The van der Waals surface area contributed by atoms with Gasteiger partial charge >= 0.3 is 5.97 Å². The predicted molar refractivity (Wildman–Crippen MR) is 93.7 cm³/mol. The Morgan fingerprint density at radius 2 is 1.46 bits per heavy atom. The van der Waals surface area contributed by atoms with Gasteiger partial charge in [-0.25, -0.2) is 9.80 Å². The minimum atomic E-state index is -0.907. The normalized spacial score (nSPS) is 16.1. The molecular formula is C19H13N3O6. The van der Waals surface area contributed by atoms with E-state index in [0.717, 1.165) is 5.01 Å². The van der Waals surface area contributed by atoms with Crippen LogP contribution in [-0.4, -0.2) is 34.7 Å². The van der Waals surface area contributed by atoms with E-state index in [1.165, 1.54) is 36.4 Å². The van der Waals surface area contributed by atoms with Gasteiger partial charge in [0.15, 0.2) is 0 Å². The number of carbonyl (C=O) groups is 5. The van der Waals surface area contributed by atoms with E-state index in [4.69, 9.17) is 4.84 Å². The Bertz CT molecular complexity index is 995. The molecule has 2 aliphatic rings. The molecule has 0 aromatic heterocycles. The molecule has 9 nitrogen and oxygen atoms in total. The Morgan fingerprint density at radius 1 is 0.857 bits per heavy atom. The first-order valence-corrected chi connectivity index (χ1v) is 8.38. The molecule has 1 N–H and O–H groups in total. The summed E-state index contributed by atoms with van der Waals surface area (Å²) in [6.07, 6.45) is 0.218. The second-order valence-corrected chi connectivity index (χ2v) is 6.14. The van der Waals surface area contributed by atoms with E-state index in [0.29, 0.717) is 10.8 Å². The highest BCUT2D eigenvalue weighted by Crippen LogP contribution is 2.24. The van der Waals surface area contributed by atoms with Crippen LogP contribution in [0.3, 0.4) is 0 Å². The summed E-state index contributed by atoms with van der Waals surface area (Å²) < 4.78 is 0. The molecule has 4 rings (SSSR count). The SMILES string of the molecule is O=C1CCC(=O)N(c2ccc(C(=O)ON3C(=O)c4ccccc4C3=O)cc2)N1. The van der Waals surface area contributed by atoms with Crippen molar-refractivity contribution in [2.75, 3.05) is 5.01 Å². The van der Waals surface area contributed by atoms with Gasteiger partial charge < -0.3 is 4.84 Å². The van der Waals surface area contributed by atoms with E-state index in [1.807, 2.05) is 0 Å². The molecule has 0 saturated carbocycles. The molecule has 0 radical (unpaired) electrons. The summed E-state index contributed by atoms with van der Waals surface area (Å²) in [6.45, 7) is 0. The number of fused-ring (bicyclic) bond motifs is 1. The van der Waals surface area contributed by atoms with Gasteiger partial charge in [-0.3, -0.25) is 24.6 Å². The van der Waals surface area contributed by atoms with Crippen molar-refractivity contribution < 1.29 is 28.8 Å². The number of nitrogens with zero attached hydrogens (tertiary/aromatic N) is 2. The monoisotopic (exact) mass is 379 g/mol. The zero-order valence-electron chi connectivity index (χ0n) is 14.4. The molecule has 9 heteroatoms. The van der Waals surface area contributed by atoms with Crippen LogP contribution >= 0.6 is 0 Å². The molecule has 0 unspecified atom stereocenters. The lowest BCUT2D eigenvalue weighted by molar-refractivity contribution is -0.130. The number of hydrogen-bond donors (Lipinski definition) is 1. The summed E-state index contributed by atoms with van der Waals surface area (Å²) in [5.41, 5.74) is 3.20. The summed E-state index contributed by atoms with van der Waals surface area (Å²) in [7, 11) is 0. The van der Waals surface area contributed by atoms with Crippen LogP contribution in [0.5, 0.6) is 0 Å². The predicted octanol–water partition coefficient (Wildman–Crippen LogP) is 1.21. The van der Waals surface area contributed by atoms with Gasteiger partial charge in [0.05, 0.1) is 22.4 Å². The van der Waals surface area contributed by atoms with Crippen molar-refractivity contribution in [2.24, 2.45) is 0 Å². The van der Waals surface area contributed by atoms with Crippen LogP contribution in [0.1, 0.15) is 43.9 Å². The average Bonchev–Trinajstić information content (AvgIpc) is 2.95. The molecule has 1 saturated heterocycles. The first kappa shape index (κ1) is 17.4. The number of nitrogens with one attached hydrogen (secondary N) is 1. The Morgan fingerprint density at radius 3 is 2.07 bits per heavy atom. The van der Waals surface area contributed by atoms with Crippen LogP contribution in [0.25, 0.3) is 0 Å². The molecule has 2 heterocycles. The molecule has 0 aliphatic carbocycles. The third-order valence-electron chi connectivity index (χ3n) is 4.34. The first-order chi connectivity index (χ1) is 13.5. The number of rotatable bonds is 3. The molecule has 0 spiro atoms. The van der Waals surface area contributed by atoms with Crippen molar-refractivity contribution in [1.29, 1.82) is 0 Å². The zero-order valence-corrected chi connectivity index (χ0v) is 14.4. The number of anilines is 1. The molecule has 28 heavy (non-hydrogen) atoms. The standard InChI is InChI=1S/C19H13N3O6/c23-15-9-10-16(24)21(20-15)12-7-5-11(6-8-12)19(27)28-22-17(25)13-3-1-2-4-14(13)18(22)26/h1-8H,9-10H2,(H,20,23). The van der Waals surface area contributed by atoms with Crippen molar-refractivity contribution in [2.45, 2.75) is 12.8 Å². The van der Waals surface area contributed by atoms with E-state index in [1.54, 1.807) is 12.1 Å². The number of hydrogen-bond acceptors (Lipinski definition) is 6. The Kier molecular flexibility index (Phi) is 4.11. The molecule has 2 aromatic rings. The topological polar surface area (TPSA) is 113 Å². The summed E-state index contributed by atoms with van der Waals surface area (Å²) in [4.78, 5) is 65.2. The number of amides is 4. The molecular weight excluding hydrogens is 366 g/mol. The van der Waals surface area contributed by atoms with Crippen LogP contribution in [0.15, 0.2) is 48.5 Å². The molecule has 4 amide bonds. The highest BCUT2D eigenvalue weighted by atomic mass is 16.7. The van der Waals surface area contributed by atoms with Gasteiger partial charge in [0.2, 0.25) is 11.8 Å². The number of carbonyl (C=O) groups excluding carboxylic acids is 5. The van der Waals surface area contributed by atoms with Crippen LogP contribution in [-0.2, 0) is 14.4 Å². The Hall–Kier alpha value is -4.01. The maximum absolute atomic E-state index is 12.3. The fourth-order valence-corrected chi connectivity index (χ4v) is 2.92. The maximum atomic E-state index is 12.3. The highest BCUT2D eigenvalue weighted by Gasteiger charge is 2.38. The number of hydroxylamine groups is 2. The molecule has 0 bridgehead atoms. The van der Waals surface area contributed by atoms with Crippen molar-refractivity contribution >= 4 is 35.3 Å². The van der Waals surface area contributed by atoms with Gasteiger partial charge in [0.1, 0.15) is 0 Å². The lowest BCUT2D eigenvalue weighted by atomic mass is 10.1. The average molecular weight is 379 g/mol. The quantitative estimate of drug-likeness (QED) is 0.802. The second-order valence-electron chi connectivity index (χ2n) is 6.14. The van der Waals surface area contributed by atoms with Gasteiger partial charge in [-0.15, -0.1) is 0 Å². The summed E-state index contributed by atoms with van der Waals surface area (Å²) in [5.74, 6) is -2.90. The van der Waals surface area contributed by atoms with Gasteiger partial charge in [0, 0.05) is 12.8 Å². The number of imide groups is 1. The lowest BCUT2D eigenvalue weighted by Gasteiger charge is -2.27. The Labute approximate surface area is 158 Å². The molecule has 140 valence electrons. The molecule has 0 atom stereocenters. The second kappa shape index (κ2) is 6.62. The van der Waals surface area contributed by atoms with Gasteiger partial charge in [0.25, 0.3) is 11.8 Å². The molecule has 2 aliphatic heterocycles. The number of benzene rings is 2. The fraction of sp³-hybridized carbons (Fsp3) is 0.105. The minimum absolute atomic E-state index is 0.0658. The van der Waals surface area contributed by atoms with Crippen molar-refractivity contribution in [3.8, 4) is 0 Å². The van der Waals surface area contributed by atoms with E-state index in [-0.39, 0.29) is 41.3 Å². The summed E-state index contributed by atoms with van der Waals surface area (Å²) >= 11 is 0. The van der Waals surface area contributed by atoms with Crippen LogP contribution < -0.4 is 10.4 Å². The highest BCUT2D eigenvalue weighted by molar-refractivity contribution is 6.21. The largest absolute Gasteiger partial charge is 0.363 e. The van der Waals surface area contributed by atoms with Gasteiger partial charge in [-0.1, -0.05) is 17.2 Å². The molecule has 1 fully saturated rings. The van der Waals surface area contributed by atoms with Crippen molar-refractivity contribution in [1.82, 2.24) is 10.5 Å². The summed E-state index contributed by atoms with van der Waals surface area (Å²) in [6, 6.07) is 11.8. The van der Waals surface area contributed by atoms with Crippen LogP contribution in [0, 0.1) is 0 Å². The lowest BCUT2D eigenvalue weighted by Crippen LogP contribution is -2.50. The first-order valence-electron chi connectivity index (χ1n) is 8.38. The van der Waals surface area contributed by atoms with Crippen LogP contribution in [0.2, 0.25) is 0 Å². The third-order valence-corrected chi connectivity index (χ3v) is 4.34. The molecule has 2 aromatic carbocycles. The van der Waals surface area contributed by atoms with Crippen LogP contribution in [0.4, 0.5) is 5.69 Å². The van der Waals surface area contributed by atoms with Gasteiger partial charge in [-0.2, -0.15) is 0 Å². The van der Waals surface area contributed by atoms with Crippen molar-refractivity contribution in [3.05, 3.63) is 65.2 Å². The van der Waals surface area contributed by atoms with Gasteiger partial charge in [-0.05, 0) is 36.4 Å². The van der Waals surface area contributed by atoms with E-state index < -0.39 is 17.8 Å². The van der Waals surface area contributed by atoms with E-state index in [9.17, 15) is 24.0 Å². The minimum Gasteiger partial charge on any atom is -0.324 e. The Balaban J connectivity index is 1.49.